The van der Waals surface area contributed by atoms with Crippen molar-refractivity contribution < 1.29 is 9.90 Å². The van der Waals surface area contributed by atoms with E-state index in [1.165, 1.54) is 40.9 Å². The van der Waals surface area contributed by atoms with Gasteiger partial charge in [-0.05, 0) is 103 Å². The standard InChI is InChI=1S/C37H35Cl2N3O2/c1-23(27-3-2-4-29(21-27)37(43)44)41-19-17-32(18-20-41)42-34-22-28(11-16-33(34)40-36(42)26-5-6-26)35(24-7-12-30(38)13-8-24)25-9-14-31(39)15-10-25/h2-4,7-16,21-23,26,32,35H,5-6,17-20H2,1H3,(H,43,44). The number of imidazole rings is 1. The van der Waals surface area contributed by atoms with Crippen LogP contribution in [0.15, 0.2) is 91.0 Å². The van der Waals surface area contributed by atoms with E-state index in [1.807, 2.05) is 42.5 Å². The molecule has 4 aromatic carbocycles. The summed E-state index contributed by atoms with van der Waals surface area (Å²) >= 11 is 12.6. The number of hydrogen-bond acceptors (Lipinski definition) is 3. The molecule has 44 heavy (non-hydrogen) atoms. The van der Waals surface area contributed by atoms with Crippen LogP contribution >= 0.6 is 23.2 Å². The van der Waals surface area contributed by atoms with Gasteiger partial charge < -0.3 is 9.67 Å². The lowest BCUT2D eigenvalue weighted by Gasteiger charge is -2.37. The fourth-order valence-corrected chi connectivity index (χ4v) is 7.13. The van der Waals surface area contributed by atoms with Crippen molar-refractivity contribution in [3.8, 4) is 0 Å². The van der Waals surface area contributed by atoms with Gasteiger partial charge in [0.1, 0.15) is 5.82 Å². The minimum atomic E-state index is -0.883. The van der Waals surface area contributed by atoms with Crippen molar-refractivity contribution in [2.24, 2.45) is 0 Å². The van der Waals surface area contributed by atoms with Crippen LogP contribution in [0.25, 0.3) is 11.0 Å². The van der Waals surface area contributed by atoms with Crippen LogP contribution < -0.4 is 0 Å². The second-order valence-electron chi connectivity index (χ2n) is 12.3. The van der Waals surface area contributed by atoms with Crippen molar-refractivity contribution in [3.63, 3.8) is 0 Å². The molecule has 0 spiro atoms. The Morgan fingerprint density at radius 3 is 2.00 bits per heavy atom. The minimum absolute atomic E-state index is 0.0333. The van der Waals surface area contributed by atoms with Gasteiger partial charge in [0.15, 0.2) is 0 Å². The third-order valence-electron chi connectivity index (χ3n) is 9.45. The predicted molar refractivity (Wildman–Crippen MR) is 177 cm³/mol. The monoisotopic (exact) mass is 623 g/mol. The molecule has 1 atom stereocenters. The summed E-state index contributed by atoms with van der Waals surface area (Å²) in [5.41, 5.74) is 7.23. The van der Waals surface area contributed by atoms with Gasteiger partial charge in [0.05, 0.1) is 16.6 Å². The number of fused-ring (bicyclic) bond motifs is 1. The van der Waals surface area contributed by atoms with Gasteiger partial charge in [-0.2, -0.15) is 0 Å². The molecular weight excluding hydrogens is 589 g/mol. The first-order valence-corrected chi connectivity index (χ1v) is 16.2. The summed E-state index contributed by atoms with van der Waals surface area (Å²) < 4.78 is 2.56. The van der Waals surface area contributed by atoms with Crippen LogP contribution in [0.5, 0.6) is 0 Å². The summed E-state index contributed by atoms with van der Waals surface area (Å²) in [5, 5.41) is 10.9. The minimum Gasteiger partial charge on any atom is -0.478 e. The number of carboxylic acid groups (broad SMARTS) is 1. The largest absolute Gasteiger partial charge is 0.478 e. The molecular formula is C37H35Cl2N3O2. The van der Waals surface area contributed by atoms with Crippen LogP contribution in [0.1, 0.15) is 95.0 Å². The number of aromatic nitrogens is 2. The number of hydrogen-bond donors (Lipinski definition) is 1. The second-order valence-corrected chi connectivity index (χ2v) is 13.1. The number of carboxylic acids is 1. The van der Waals surface area contributed by atoms with E-state index in [0.717, 1.165) is 47.1 Å². The summed E-state index contributed by atoms with van der Waals surface area (Å²) in [7, 11) is 0. The number of halogens is 2. The van der Waals surface area contributed by atoms with Crippen molar-refractivity contribution in [2.75, 3.05) is 13.1 Å². The Morgan fingerprint density at radius 2 is 1.41 bits per heavy atom. The molecule has 1 aliphatic carbocycles. The molecule has 1 aliphatic heterocycles. The zero-order chi connectivity index (χ0) is 30.4. The first-order chi connectivity index (χ1) is 21.4. The van der Waals surface area contributed by atoms with Gasteiger partial charge in [-0.25, -0.2) is 9.78 Å². The molecule has 0 radical (unpaired) electrons. The molecule has 2 aliphatic rings. The van der Waals surface area contributed by atoms with Gasteiger partial charge >= 0.3 is 5.97 Å². The van der Waals surface area contributed by atoms with E-state index in [-0.39, 0.29) is 12.0 Å². The SMILES string of the molecule is CC(c1cccc(C(=O)O)c1)N1CCC(n2c(C3CC3)nc3ccc(C(c4ccc(Cl)cc4)c4ccc(Cl)cc4)cc32)CC1. The molecule has 0 amide bonds. The summed E-state index contributed by atoms with van der Waals surface area (Å²) in [6.07, 6.45) is 4.45. The Hall–Kier alpha value is -3.64. The highest BCUT2D eigenvalue weighted by Gasteiger charge is 2.34. The Bertz CT molecular complexity index is 1760. The molecule has 2 heterocycles. The number of likely N-dealkylation sites (tertiary alicyclic amines) is 1. The van der Waals surface area contributed by atoms with Crippen LogP contribution in [0.4, 0.5) is 0 Å². The normalized spacial score (nSPS) is 16.9. The Labute approximate surface area is 268 Å². The van der Waals surface area contributed by atoms with E-state index >= 15 is 0 Å². The zero-order valence-corrected chi connectivity index (χ0v) is 26.2. The number of nitrogens with zero attached hydrogens (tertiary/aromatic N) is 3. The van der Waals surface area contributed by atoms with Crippen LogP contribution in [0.2, 0.25) is 10.0 Å². The van der Waals surface area contributed by atoms with Crippen LogP contribution in [-0.2, 0) is 0 Å². The molecule has 7 heteroatoms. The van der Waals surface area contributed by atoms with Crippen LogP contribution in [0, 0.1) is 0 Å². The quantitative estimate of drug-likeness (QED) is 0.175. The van der Waals surface area contributed by atoms with E-state index in [4.69, 9.17) is 28.2 Å². The number of aromatic carboxylic acids is 1. The molecule has 0 bridgehead atoms. The van der Waals surface area contributed by atoms with Gasteiger partial charge in [0, 0.05) is 47.1 Å². The molecule has 1 unspecified atom stereocenters. The van der Waals surface area contributed by atoms with E-state index < -0.39 is 5.97 Å². The topological polar surface area (TPSA) is 58.4 Å². The van der Waals surface area contributed by atoms with Gasteiger partial charge in [-0.15, -0.1) is 0 Å². The first kappa shape index (κ1) is 29.1. The van der Waals surface area contributed by atoms with Crippen molar-refractivity contribution in [1.82, 2.24) is 14.5 Å². The molecule has 2 fully saturated rings. The van der Waals surface area contributed by atoms with E-state index in [9.17, 15) is 9.90 Å². The third kappa shape index (κ3) is 5.77. The second kappa shape index (κ2) is 12.0. The highest BCUT2D eigenvalue weighted by atomic mass is 35.5. The van der Waals surface area contributed by atoms with Crippen molar-refractivity contribution in [2.45, 2.75) is 56.5 Å². The maximum absolute atomic E-state index is 11.5. The molecule has 1 saturated carbocycles. The summed E-state index contributed by atoms with van der Waals surface area (Å²) in [6, 6.07) is 30.9. The lowest BCUT2D eigenvalue weighted by molar-refractivity contribution is 0.0696. The highest BCUT2D eigenvalue weighted by Crippen LogP contribution is 2.44. The molecule has 1 saturated heterocycles. The van der Waals surface area contributed by atoms with Gasteiger partial charge in [0.25, 0.3) is 0 Å². The molecule has 7 rings (SSSR count). The van der Waals surface area contributed by atoms with E-state index in [1.54, 1.807) is 6.07 Å². The van der Waals surface area contributed by atoms with Gasteiger partial charge in [-0.3, -0.25) is 4.90 Å². The smallest absolute Gasteiger partial charge is 0.335 e. The Balaban J connectivity index is 1.22. The molecule has 5 nitrogen and oxygen atoms in total. The van der Waals surface area contributed by atoms with Crippen molar-refractivity contribution in [1.29, 1.82) is 0 Å². The van der Waals surface area contributed by atoms with E-state index in [0.29, 0.717) is 17.5 Å². The molecule has 1 N–H and O–H groups in total. The summed E-state index contributed by atoms with van der Waals surface area (Å²) in [4.78, 5) is 19.2. The predicted octanol–water partition coefficient (Wildman–Crippen LogP) is 9.50. The Kier molecular flexibility index (Phi) is 7.96. The number of benzene rings is 4. The fraction of sp³-hybridized carbons (Fsp3) is 0.297. The van der Waals surface area contributed by atoms with Crippen molar-refractivity contribution >= 4 is 40.2 Å². The van der Waals surface area contributed by atoms with Crippen LogP contribution in [-0.4, -0.2) is 38.6 Å². The molecule has 5 aromatic rings. The fourth-order valence-electron chi connectivity index (χ4n) is 6.88. The van der Waals surface area contributed by atoms with E-state index in [2.05, 4.69) is 58.9 Å². The average Bonchev–Trinajstić information content (AvgIpc) is 3.83. The maximum atomic E-state index is 11.5. The third-order valence-corrected chi connectivity index (χ3v) is 9.96. The average molecular weight is 625 g/mol. The lowest BCUT2D eigenvalue weighted by Crippen LogP contribution is -2.36. The zero-order valence-electron chi connectivity index (χ0n) is 24.7. The number of piperidine rings is 1. The van der Waals surface area contributed by atoms with Gasteiger partial charge in [-0.1, -0.05) is 65.7 Å². The Morgan fingerprint density at radius 1 is 0.795 bits per heavy atom. The molecule has 1 aromatic heterocycles. The summed E-state index contributed by atoms with van der Waals surface area (Å²) in [6.45, 7) is 4.08. The summed E-state index contributed by atoms with van der Waals surface area (Å²) in [5.74, 6) is 0.911. The van der Waals surface area contributed by atoms with Crippen LogP contribution in [0.3, 0.4) is 0 Å². The van der Waals surface area contributed by atoms with Crippen molar-refractivity contribution in [3.05, 3.63) is 135 Å². The number of carbonyl (C=O) groups is 1. The maximum Gasteiger partial charge on any atom is 0.335 e. The molecule has 224 valence electrons. The highest BCUT2D eigenvalue weighted by molar-refractivity contribution is 6.30. The lowest BCUT2D eigenvalue weighted by atomic mass is 9.85. The number of rotatable bonds is 8. The first-order valence-electron chi connectivity index (χ1n) is 15.5. The van der Waals surface area contributed by atoms with Gasteiger partial charge in [0.2, 0.25) is 0 Å².